The number of hydrogen-bond donors (Lipinski definition) is 0. The summed E-state index contributed by atoms with van der Waals surface area (Å²) in [6.45, 7) is 0. The van der Waals surface area contributed by atoms with Crippen molar-refractivity contribution in [2.45, 2.75) is 0 Å². The van der Waals surface area contributed by atoms with Crippen molar-refractivity contribution in [2.75, 3.05) is 0 Å². The zero-order valence-electron chi connectivity index (χ0n) is 28.8. The minimum atomic E-state index is 0.611. The summed E-state index contributed by atoms with van der Waals surface area (Å²) in [4.78, 5) is 20.7. The van der Waals surface area contributed by atoms with E-state index in [-0.39, 0.29) is 0 Å². The molecule has 11 rings (SSSR count). The summed E-state index contributed by atoms with van der Waals surface area (Å²) in [7, 11) is 0. The van der Waals surface area contributed by atoms with Gasteiger partial charge in [0.1, 0.15) is 5.52 Å². The lowest BCUT2D eigenvalue weighted by Crippen LogP contribution is -2.01. The lowest BCUT2D eigenvalue weighted by Gasteiger charge is -2.13. The number of nitrogens with zero attached hydrogens (tertiary/aromatic N) is 4. The quantitative estimate of drug-likeness (QED) is 0.167. The summed E-state index contributed by atoms with van der Waals surface area (Å²) in [6, 6.07) is 58.8. The van der Waals surface area contributed by atoms with Gasteiger partial charge in [-0.1, -0.05) is 127 Å². The lowest BCUT2D eigenvalue weighted by molar-refractivity contribution is 0.620. The molecule has 0 aliphatic rings. The molecule has 0 unspecified atom stereocenters. The van der Waals surface area contributed by atoms with E-state index in [0.29, 0.717) is 23.4 Å². The Bertz CT molecular complexity index is 3220. The number of thiophene rings is 1. The summed E-state index contributed by atoms with van der Waals surface area (Å²) < 4.78 is 8.63. The van der Waals surface area contributed by atoms with Crippen LogP contribution in [0.4, 0.5) is 0 Å². The first kappa shape index (κ1) is 30.6. The molecule has 6 heteroatoms. The highest BCUT2D eigenvalue weighted by Gasteiger charge is 2.20. The molecule has 5 nitrogen and oxygen atoms in total. The Morgan fingerprint density at radius 3 is 1.87 bits per heavy atom. The van der Waals surface area contributed by atoms with E-state index in [2.05, 4.69) is 133 Å². The molecule has 0 bridgehead atoms. The average molecular weight is 709 g/mol. The fourth-order valence-corrected chi connectivity index (χ4v) is 8.74. The van der Waals surface area contributed by atoms with Crippen LogP contribution in [0.2, 0.25) is 0 Å². The largest absolute Gasteiger partial charge is 0.436 e. The van der Waals surface area contributed by atoms with Gasteiger partial charge in [0.2, 0.25) is 5.89 Å². The Morgan fingerprint density at radius 1 is 0.389 bits per heavy atom. The third-order valence-electron chi connectivity index (χ3n) is 10.1. The molecular formula is C48H28N4OS. The summed E-state index contributed by atoms with van der Waals surface area (Å²) >= 11 is 1.74. The zero-order valence-corrected chi connectivity index (χ0v) is 29.6. The van der Waals surface area contributed by atoms with Crippen LogP contribution in [0.5, 0.6) is 0 Å². The molecule has 252 valence electrons. The Morgan fingerprint density at radius 2 is 1.04 bits per heavy atom. The molecule has 0 saturated heterocycles. The van der Waals surface area contributed by atoms with E-state index < -0.39 is 0 Å². The van der Waals surface area contributed by atoms with Gasteiger partial charge in [0.15, 0.2) is 23.1 Å². The Labute approximate surface area is 313 Å². The first-order chi connectivity index (χ1) is 26.7. The van der Waals surface area contributed by atoms with E-state index in [4.69, 9.17) is 24.4 Å². The molecule has 0 amide bonds. The van der Waals surface area contributed by atoms with Crippen molar-refractivity contribution < 1.29 is 4.42 Å². The SMILES string of the molecule is c1ccc(-c2cccc(-c3nc(-c4cc5ccccc5c5ccccc45)nc(-c4cccc5sc6cc7nc(-c8ccccc8)oc7cc6c45)n3)c2)cc1. The van der Waals surface area contributed by atoms with Gasteiger partial charge in [-0.15, -0.1) is 11.3 Å². The van der Waals surface area contributed by atoms with Crippen molar-refractivity contribution >= 4 is 64.2 Å². The van der Waals surface area contributed by atoms with Crippen molar-refractivity contribution in [1.29, 1.82) is 0 Å². The number of rotatable bonds is 5. The van der Waals surface area contributed by atoms with E-state index in [1.54, 1.807) is 11.3 Å². The van der Waals surface area contributed by atoms with Crippen LogP contribution >= 0.6 is 11.3 Å². The normalized spacial score (nSPS) is 11.7. The molecule has 3 aromatic heterocycles. The van der Waals surface area contributed by atoms with Crippen LogP contribution in [0.15, 0.2) is 174 Å². The molecule has 0 aliphatic heterocycles. The van der Waals surface area contributed by atoms with E-state index in [1.165, 1.54) is 5.39 Å². The maximum Gasteiger partial charge on any atom is 0.227 e. The van der Waals surface area contributed by atoms with Gasteiger partial charge in [-0.3, -0.25) is 0 Å². The van der Waals surface area contributed by atoms with Gasteiger partial charge in [0.05, 0.1) is 0 Å². The maximum atomic E-state index is 6.36. The maximum absolute atomic E-state index is 6.36. The molecule has 0 radical (unpaired) electrons. The van der Waals surface area contributed by atoms with Crippen LogP contribution in [0.3, 0.4) is 0 Å². The smallest absolute Gasteiger partial charge is 0.227 e. The molecule has 3 heterocycles. The first-order valence-corrected chi connectivity index (χ1v) is 18.7. The molecule has 0 atom stereocenters. The molecule has 0 spiro atoms. The van der Waals surface area contributed by atoms with Gasteiger partial charge in [0, 0.05) is 42.4 Å². The van der Waals surface area contributed by atoms with Gasteiger partial charge < -0.3 is 4.42 Å². The summed E-state index contributed by atoms with van der Waals surface area (Å²) in [6.07, 6.45) is 0. The molecule has 0 aliphatic carbocycles. The fourth-order valence-electron chi connectivity index (χ4n) is 7.59. The zero-order chi connectivity index (χ0) is 35.6. The topological polar surface area (TPSA) is 64.7 Å². The van der Waals surface area contributed by atoms with Crippen molar-refractivity contribution in [3.05, 3.63) is 170 Å². The van der Waals surface area contributed by atoms with Crippen LogP contribution in [0.1, 0.15) is 0 Å². The Hall–Kier alpha value is -7.02. The fraction of sp³-hybridized carbons (Fsp3) is 0. The van der Waals surface area contributed by atoms with Crippen LogP contribution in [0.25, 0.3) is 110 Å². The van der Waals surface area contributed by atoms with E-state index in [0.717, 1.165) is 80.8 Å². The monoisotopic (exact) mass is 708 g/mol. The van der Waals surface area contributed by atoms with Gasteiger partial charge in [-0.25, -0.2) is 19.9 Å². The number of aromatic nitrogens is 4. The van der Waals surface area contributed by atoms with Gasteiger partial charge in [-0.05, 0) is 75.1 Å². The standard InChI is InChI=1S/C48H28N4OS/c1-3-13-29(14-4-1)31-18-11-19-33(25-31)45-50-46(52-47(51-45)38-26-32-17-7-8-20-34(32)35-21-9-10-22-36(35)38)37-23-12-24-42-44(37)39-27-41-40(28-43(39)54-42)49-48(53-41)30-15-5-2-6-16-30/h1-28H. The van der Waals surface area contributed by atoms with Gasteiger partial charge in [-0.2, -0.15) is 0 Å². The number of hydrogen-bond acceptors (Lipinski definition) is 6. The number of oxazole rings is 1. The van der Waals surface area contributed by atoms with Crippen LogP contribution in [-0.4, -0.2) is 19.9 Å². The van der Waals surface area contributed by atoms with Crippen LogP contribution < -0.4 is 0 Å². The third-order valence-corrected chi connectivity index (χ3v) is 11.3. The highest BCUT2D eigenvalue weighted by atomic mass is 32.1. The highest BCUT2D eigenvalue weighted by molar-refractivity contribution is 7.26. The number of benzene rings is 8. The molecular weight excluding hydrogens is 681 g/mol. The van der Waals surface area contributed by atoms with E-state index in [1.807, 2.05) is 36.4 Å². The summed E-state index contributed by atoms with van der Waals surface area (Å²) in [5.74, 6) is 2.47. The first-order valence-electron chi connectivity index (χ1n) is 17.9. The third kappa shape index (κ3) is 5.07. The molecule has 11 aromatic rings. The summed E-state index contributed by atoms with van der Waals surface area (Å²) in [5.41, 5.74) is 7.59. The van der Waals surface area contributed by atoms with Gasteiger partial charge in [0.25, 0.3) is 0 Å². The predicted molar refractivity (Wildman–Crippen MR) is 222 cm³/mol. The second kappa shape index (κ2) is 12.3. The summed E-state index contributed by atoms with van der Waals surface area (Å²) in [5, 5.41) is 6.76. The van der Waals surface area contributed by atoms with Crippen molar-refractivity contribution in [3.63, 3.8) is 0 Å². The molecule has 0 fully saturated rings. The van der Waals surface area contributed by atoms with Crippen molar-refractivity contribution in [2.24, 2.45) is 0 Å². The minimum absolute atomic E-state index is 0.611. The number of fused-ring (bicyclic) bond motifs is 7. The molecule has 8 aromatic carbocycles. The predicted octanol–water partition coefficient (Wildman–Crippen LogP) is 13.0. The molecule has 0 saturated carbocycles. The minimum Gasteiger partial charge on any atom is -0.436 e. The van der Waals surface area contributed by atoms with E-state index >= 15 is 0 Å². The lowest BCUT2D eigenvalue weighted by atomic mass is 9.96. The molecule has 54 heavy (non-hydrogen) atoms. The van der Waals surface area contributed by atoms with Crippen LogP contribution in [0, 0.1) is 0 Å². The Kier molecular flexibility index (Phi) is 6.97. The Balaban J connectivity index is 1.16. The van der Waals surface area contributed by atoms with Crippen molar-refractivity contribution in [1.82, 2.24) is 19.9 Å². The highest BCUT2D eigenvalue weighted by Crippen LogP contribution is 2.43. The van der Waals surface area contributed by atoms with Gasteiger partial charge >= 0.3 is 0 Å². The molecule has 0 N–H and O–H groups in total. The second-order valence-electron chi connectivity index (χ2n) is 13.4. The van der Waals surface area contributed by atoms with E-state index in [9.17, 15) is 0 Å². The van der Waals surface area contributed by atoms with Crippen LogP contribution in [-0.2, 0) is 0 Å². The average Bonchev–Trinajstić information content (AvgIpc) is 3.83. The van der Waals surface area contributed by atoms with Crippen molar-refractivity contribution in [3.8, 4) is 56.7 Å². The second-order valence-corrected chi connectivity index (χ2v) is 14.5.